The van der Waals surface area contributed by atoms with Gasteiger partial charge >= 0.3 is 0 Å². The SMILES string of the molecule is CC1(C)c2ccccc2N(c2ccc(C3(c4ccccc4)c4ccccc4N(c4ccccc4)c4ccccc43)cc2)c2ccccc21.CC1(c2ccc(N3c4ccccc4C(c4ccccc4)(c4ccccc4)c4ccccc43)cc2)c2ccccc2N(c2ccccc2)c2ccccc21.C[Si]1(C)c2ccccc2N(c2ccc([Si]3(c4ccccc4)c4ccccc4N(c4ccccc4)c4ccccc43)cc2)c2ccccc21. The Balaban J connectivity index is 0.000000113. The number of hydrogen-bond donors (Lipinski definition) is 0. The molecule has 149 heavy (non-hydrogen) atoms. The van der Waals surface area contributed by atoms with Crippen LogP contribution in [0, 0.1) is 0 Å². The highest BCUT2D eigenvalue weighted by Crippen LogP contribution is 2.63. The van der Waals surface area contributed by atoms with Crippen molar-refractivity contribution in [2.75, 3.05) is 29.4 Å². The zero-order valence-electron chi connectivity index (χ0n) is 84.0. The lowest BCUT2D eigenvalue weighted by Gasteiger charge is -2.46. The van der Waals surface area contributed by atoms with Crippen LogP contribution in [0.4, 0.5) is 102 Å². The minimum absolute atomic E-state index is 0.0961. The Bertz CT molecular complexity index is 8090. The molecule has 0 aromatic heterocycles. The lowest BCUT2D eigenvalue weighted by atomic mass is 9.62. The van der Waals surface area contributed by atoms with Crippen molar-refractivity contribution in [2.24, 2.45) is 0 Å². The van der Waals surface area contributed by atoms with Crippen LogP contribution in [0.2, 0.25) is 13.1 Å². The molecule has 712 valence electrons. The average molecular weight is 1940 g/mol. The molecular weight excluding hydrogens is 1830 g/mol. The monoisotopic (exact) mass is 1940 g/mol. The van der Waals surface area contributed by atoms with Crippen molar-refractivity contribution in [3.05, 3.63) is 649 Å². The maximum absolute atomic E-state index is 2.74. The van der Waals surface area contributed by atoms with E-state index in [-0.39, 0.29) is 10.8 Å². The molecule has 6 aliphatic rings. The molecule has 0 aliphatic carbocycles. The minimum atomic E-state index is -2.74. The van der Waals surface area contributed by atoms with Crippen molar-refractivity contribution in [3.8, 4) is 0 Å². The normalized spacial score (nSPS) is 15.0. The van der Waals surface area contributed by atoms with Gasteiger partial charge in [0.25, 0.3) is 0 Å². The summed E-state index contributed by atoms with van der Waals surface area (Å²) in [6.07, 6.45) is 0. The number of rotatable bonds is 13. The molecule has 0 radical (unpaired) electrons. The van der Waals surface area contributed by atoms with Crippen LogP contribution in [0.3, 0.4) is 0 Å². The van der Waals surface area contributed by atoms with Gasteiger partial charge in [-0.3, -0.25) is 0 Å². The molecule has 0 unspecified atom stereocenters. The molecular formula is C141H110N6Si2. The van der Waals surface area contributed by atoms with Crippen LogP contribution in [0.5, 0.6) is 0 Å². The largest absolute Gasteiger partial charge is 0.311 e. The van der Waals surface area contributed by atoms with E-state index in [1.165, 1.54) is 183 Å². The van der Waals surface area contributed by atoms with Gasteiger partial charge in [-0.05, 0) is 256 Å². The van der Waals surface area contributed by atoms with E-state index in [2.05, 4.69) is 640 Å². The first-order chi connectivity index (χ1) is 73.4. The van der Waals surface area contributed by atoms with Crippen LogP contribution >= 0.6 is 0 Å². The summed E-state index contributed by atoms with van der Waals surface area (Å²) in [5, 5.41) is 8.57. The molecule has 0 atom stereocenters. The fourth-order valence-electron chi connectivity index (χ4n) is 26.0. The van der Waals surface area contributed by atoms with Gasteiger partial charge in [-0.1, -0.05) is 458 Å². The van der Waals surface area contributed by atoms with Crippen molar-refractivity contribution < 1.29 is 0 Å². The second-order valence-corrected chi connectivity index (χ2v) is 49.0. The first-order valence-electron chi connectivity index (χ1n) is 52.0. The Morgan fingerprint density at radius 1 is 0.148 bits per heavy atom. The second-order valence-electron chi connectivity index (χ2n) is 41.0. The molecule has 28 rings (SSSR count). The topological polar surface area (TPSA) is 19.4 Å². The highest BCUT2D eigenvalue weighted by atomic mass is 28.3. The molecule has 0 spiro atoms. The van der Waals surface area contributed by atoms with Gasteiger partial charge in [0, 0.05) is 67.7 Å². The minimum Gasteiger partial charge on any atom is -0.311 e. The molecule has 6 aliphatic heterocycles. The Kier molecular flexibility index (Phi) is 22.6. The lowest BCUT2D eigenvalue weighted by molar-refractivity contribution is 0.632. The molecule has 0 bridgehead atoms. The summed E-state index contributed by atoms with van der Waals surface area (Å²) in [4.78, 5) is 14.7. The highest BCUT2D eigenvalue weighted by molar-refractivity contribution is 7.21. The Morgan fingerprint density at radius 2 is 0.336 bits per heavy atom. The quantitative estimate of drug-likeness (QED) is 0.106. The zero-order valence-corrected chi connectivity index (χ0v) is 86.0. The van der Waals surface area contributed by atoms with E-state index >= 15 is 0 Å². The third kappa shape index (κ3) is 14.3. The van der Waals surface area contributed by atoms with E-state index in [0.29, 0.717) is 0 Å². The number of para-hydroxylation sites is 15. The molecule has 0 N–H and O–H groups in total. The number of nitrogens with zero attached hydrogens (tertiary/aromatic N) is 6. The number of hydrogen-bond acceptors (Lipinski definition) is 6. The Labute approximate surface area is 876 Å². The summed E-state index contributed by atoms with van der Waals surface area (Å²) >= 11 is 0. The molecule has 22 aromatic carbocycles. The van der Waals surface area contributed by atoms with Gasteiger partial charge in [0.15, 0.2) is 8.07 Å². The van der Waals surface area contributed by atoms with Gasteiger partial charge in [-0.25, -0.2) is 0 Å². The predicted octanol–water partition coefficient (Wildman–Crippen LogP) is 32.4. The third-order valence-electron chi connectivity index (χ3n) is 32.6. The summed E-state index contributed by atoms with van der Waals surface area (Å²) < 4.78 is 0. The molecule has 22 aromatic rings. The molecule has 0 amide bonds. The zero-order chi connectivity index (χ0) is 100. The van der Waals surface area contributed by atoms with E-state index in [4.69, 9.17) is 0 Å². The van der Waals surface area contributed by atoms with Gasteiger partial charge in [0.2, 0.25) is 0 Å². The van der Waals surface area contributed by atoms with Crippen LogP contribution in [0.1, 0.15) is 93.1 Å². The fourth-order valence-corrected chi connectivity index (χ4v) is 34.1. The summed E-state index contributed by atoms with van der Waals surface area (Å²) in [5.74, 6) is 0. The van der Waals surface area contributed by atoms with E-state index in [9.17, 15) is 0 Å². The number of benzene rings is 22. The van der Waals surface area contributed by atoms with Gasteiger partial charge in [0.1, 0.15) is 8.07 Å². The Hall–Kier alpha value is -17.9. The average Bonchev–Trinajstić information content (AvgIpc) is 0.696. The number of fused-ring (bicyclic) bond motifs is 12. The summed E-state index contributed by atoms with van der Waals surface area (Å²) in [5.41, 5.74) is 36.9. The van der Waals surface area contributed by atoms with Crippen LogP contribution < -0.4 is 60.5 Å². The maximum atomic E-state index is 2.49. The van der Waals surface area contributed by atoms with Crippen LogP contribution in [-0.2, 0) is 21.7 Å². The smallest absolute Gasteiger partial charge is 0.184 e. The van der Waals surface area contributed by atoms with E-state index in [0.717, 1.165) is 22.7 Å². The molecule has 8 heteroatoms. The van der Waals surface area contributed by atoms with Crippen LogP contribution in [0.15, 0.2) is 576 Å². The molecule has 0 saturated carbocycles. The predicted molar refractivity (Wildman–Crippen MR) is 629 cm³/mol. The van der Waals surface area contributed by atoms with Gasteiger partial charge in [0.05, 0.1) is 56.3 Å². The maximum Gasteiger partial charge on any atom is 0.184 e. The van der Waals surface area contributed by atoms with Crippen molar-refractivity contribution in [2.45, 2.75) is 55.5 Å². The van der Waals surface area contributed by atoms with E-state index < -0.39 is 27.0 Å². The van der Waals surface area contributed by atoms with E-state index in [1.54, 1.807) is 0 Å². The third-order valence-corrected chi connectivity index (χ3v) is 41.0. The van der Waals surface area contributed by atoms with Gasteiger partial charge in [-0.2, -0.15) is 0 Å². The van der Waals surface area contributed by atoms with Gasteiger partial charge in [-0.15, -0.1) is 0 Å². The molecule has 6 nitrogen and oxygen atoms in total. The second kappa shape index (κ2) is 37.0. The first-order valence-corrected chi connectivity index (χ1v) is 57.0. The van der Waals surface area contributed by atoms with Crippen molar-refractivity contribution in [3.63, 3.8) is 0 Å². The highest BCUT2D eigenvalue weighted by Gasteiger charge is 2.53. The number of anilines is 18. The summed E-state index contributed by atoms with van der Waals surface area (Å²) in [6, 6.07) is 213. The van der Waals surface area contributed by atoms with E-state index in [1.807, 2.05) is 0 Å². The lowest BCUT2D eigenvalue weighted by Crippen LogP contribution is -2.77. The Morgan fingerprint density at radius 3 is 0.644 bits per heavy atom. The molecule has 0 saturated heterocycles. The van der Waals surface area contributed by atoms with Crippen molar-refractivity contribution in [1.29, 1.82) is 0 Å². The molecule has 0 fully saturated rings. The van der Waals surface area contributed by atoms with Crippen molar-refractivity contribution >= 4 is 150 Å². The first kappa shape index (κ1) is 91.0. The van der Waals surface area contributed by atoms with Gasteiger partial charge < -0.3 is 29.4 Å². The summed E-state index contributed by atoms with van der Waals surface area (Å²) in [6.45, 7) is 12.0. The summed E-state index contributed by atoms with van der Waals surface area (Å²) in [7, 11) is -4.60. The van der Waals surface area contributed by atoms with Crippen LogP contribution in [-0.4, -0.2) is 16.1 Å². The molecule has 6 heterocycles. The van der Waals surface area contributed by atoms with Crippen LogP contribution in [0.25, 0.3) is 0 Å². The standard InChI is InChI=1S/C51H38N2.C46H36N2.C44H36N2Si2/c1-50(42-25-11-15-29-46(42)52(40-23-9-4-10-24-40)47-30-16-12-26-43(47)50)37-33-35-41(36-34-37)53-48-31-17-13-27-44(48)51(38-19-5-2-6-20-38,39-21-7-3-8-22-39)45-28-14-18-32-49(45)53;1-45(2)37-21-9-13-25-41(37)48(42-26-14-10-22-38(42)45)36-31-29-34(30-32-36)46(33-17-5-3-6-18-33)39-23-11-15-27-43(39)47(35-19-7-4-8-20-35)44-28-16-12-24-40(44)46;1-47(2)41-25-13-9-21-37(41)46(38-22-10-14-26-42(38)47)34-29-31-36(32-30-34)48(35-19-7-4-8-20-35)43-27-15-11-23-39(43)45(33-17-5-3-6-18-33)40-24-12-16-28-44(40)48/h2-36H,1H3;2*3-32H,1-2H3. The fraction of sp³-hybridized carbons (Fsp3) is 0.0638. The van der Waals surface area contributed by atoms with Crippen molar-refractivity contribution in [1.82, 2.24) is 0 Å².